The van der Waals surface area contributed by atoms with E-state index >= 15 is 0 Å². The predicted molar refractivity (Wildman–Crippen MR) is 79.8 cm³/mol. The molecule has 1 atom stereocenters. The molecule has 0 aliphatic rings. The van der Waals surface area contributed by atoms with Crippen LogP contribution in [0.5, 0.6) is 0 Å². The van der Waals surface area contributed by atoms with E-state index in [1.165, 1.54) is 28.3 Å². The maximum atomic E-state index is 3.83. The van der Waals surface area contributed by atoms with Gasteiger partial charge >= 0.3 is 0 Å². The van der Waals surface area contributed by atoms with E-state index in [1.54, 1.807) is 0 Å². The van der Waals surface area contributed by atoms with Gasteiger partial charge in [-0.3, -0.25) is 0 Å². The van der Waals surface area contributed by atoms with Gasteiger partial charge in [0.25, 0.3) is 0 Å². The maximum absolute atomic E-state index is 3.83. The van der Waals surface area contributed by atoms with Crippen molar-refractivity contribution in [3.8, 4) is 0 Å². The fourth-order valence-corrected chi connectivity index (χ4v) is 3.43. The van der Waals surface area contributed by atoms with Crippen LogP contribution in [-0.2, 0) is 0 Å². The quantitative estimate of drug-likeness (QED) is 0.643. The lowest BCUT2D eigenvalue weighted by atomic mass is 9.95. The smallest absolute Gasteiger partial charge is 0.0403 e. The molecule has 2 aromatic rings. The molecule has 1 unspecified atom stereocenters. The predicted octanol–water partition coefficient (Wildman–Crippen LogP) is 5.63. The molecule has 1 heteroatoms. The first kappa shape index (κ1) is 12.6. The third kappa shape index (κ3) is 2.71. The number of fused-ring (bicyclic) bond motifs is 1. The van der Waals surface area contributed by atoms with Gasteiger partial charge in [0.05, 0.1) is 0 Å². The summed E-state index contributed by atoms with van der Waals surface area (Å²) in [5.41, 5.74) is 2.77. The molecule has 2 rings (SSSR count). The Morgan fingerprint density at radius 3 is 2.29 bits per heavy atom. The lowest BCUT2D eigenvalue weighted by Crippen LogP contribution is -1.97. The molecule has 0 saturated carbocycles. The SMILES string of the molecule is Cc1ccc(C(Br)CC(C)C)c2ccccc12. The van der Waals surface area contributed by atoms with Gasteiger partial charge in [-0.05, 0) is 41.2 Å². The number of rotatable bonds is 3. The van der Waals surface area contributed by atoms with Crippen LogP contribution in [0.3, 0.4) is 0 Å². The van der Waals surface area contributed by atoms with Crippen molar-refractivity contribution in [1.29, 1.82) is 0 Å². The molecule has 0 aliphatic heterocycles. The van der Waals surface area contributed by atoms with Crippen molar-refractivity contribution in [3.05, 3.63) is 47.5 Å². The summed E-state index contributed by atoms with van der Waals surface area (Å²) in [7, 11) is 0. The minimum absolute atomic E-state index is 0.452. The fraction of sp³-hybridized carbons (Fsp3) is 0.375. The van der Waals surface area contributed by atoms with Crippen LogP contribution >= 0.6 is 15.9 Å². The first-order valence-corrected chi connectivity index (χ1v) is 7.13. The minimum Gasteiger partial charge on any atom is -0.0838 e. The molecule has 90 valence electrons. The van der Waals surface area contributed by atoms with Gasteiger partial charge in [0.1, 0.15) is 0 Å². The Labute approximate surface area is 112 Å². The summed E-state index contributed by atoms with van der Waals surface area (Å²) in [5, 5.41) is 2.76. The van der Waals surface area contributed by atoms with Crippen LogP contribution in [0.2, 0.25) is 0 Å². The van der Waals surface area contributed by atoms with Crippen molar-refractivity contribution in [3.63, 3.8) is 0 Å². The highest BCUT2D eigenvalue weighted by Crippen LogP contribution is 2.35. The van der Waals surface area contributed by atoms with E-state index in [0.29, 0.717) is 10.7 Å². The third-order valence-corrected chi connectivity index (χ3v) is 4.06. The molecular formula is C16H19Br. The number of halogens is 1. The molecule has 0 aromatic heterocycles. The zero-order chi connectivity index (χ0) is 12.4. The van der Waals surface area contributed by atoms with Crippen molar-refractivity contribution >= 4 is 26.7 Å². The van der Waals surface area contributed by atoms with Gasteiger partial charge in [-0.1, -0.05) is 66.2 Å². The van der Waals surface area contributed by atoms with Crippen molar-refractivity contribution < 1.29 is 0 Å². The standard InChI is InChI=1S/C16H19Br/c1-11(2)10-16(17)15-9-8-12(3)13-6-4-5-7-14(13)15/h4-9,11,16H,10H2,1-3H3. The van der Waals surface area contributed by atoms with E-state index in [0.717, 1.165) is 0 Å². The number of alkyl halides is 1. The average molecular weight is 291 g/mol. The molecular weight excluding hydrogens is 272 g/mol. The van der Waals surface area contributed by atoms with E-state index in [1.807, 2.05) is 0 Å². The normalized spacial score (nSPS) is 13.2. The number of aryl methyl sites for hydroxylation is 1. The van der Waals surface area contributed by atoms with Gasteiger partial charge < -0.3 is 0 Å². The van der Waals surface area contributed by atoms with E-state index in [4.69, 9.17) is 0 Å². The van der Waals surface area contributed by atoms with E-state index < -0.39 is 0 Å². The Kier molecular flexibility index (Phi) is 3.88. The summed E-state index contributed by atoms with van der Waals surface area (Å²) in [6.07, 6.45) is 1.17. The van der Waals surface area contributed by atoms with E-state index in [-0.39, 0.29) is 0 Å². The summed E-state index contributed by atoms with van der Waals surface area (Å²) in [4.78, 5) is 0.452. The van der Waals surface area contributed by atoms with Crippen LogP contribution in [0, 0.1) is 12.8 Å². The van der Waals surface area contributed by atoms with Crippen LogP contribution in [0.1, 0.15) is 36.2 Å². The van der Waals surface area contributed by atoms with Crippen LogP contribution in [0.4, 0.5) is 0 Å². The summed E-state index contributed by atoms with van der Waals surface area (Å²) < 4.78 is 0. The second kappa shape index (κ2) is 5.22. The minimum atomic E-state index is 0.452. The zero-order valence-corrected chi connectivity index (χ0v) is 12.3. The molecule has 0 N–H and O–H groups in total. The highest BCUT2D eigenvalue weighted by atomic mass is 79.9. The fourth-order valence-electron chi connectivity index (χ4n) is 2.29. The Balaban J connectivity index is 2.51. The van der Waals surface area contributed by atoms with E-state index in [9.17, 15) is 0 Å². The van der Waals surface area contributed by atoms with Crippen molar-refractivity contribution in [1.82, 2.24) is 0 Å². The third-order valence-electron chi connectivity index (χ3n) is 3.19. The van der Waals surface area contributed by atoms with Crippen LogP contribution in [0.15, 0.2) is 36.4 Å². The molecule has 0 aliphatic carbocycles. The van der Waals surface area contributed by atoms with Crippen LogP contribution in [-0.4, -0.2) is 0 Å². The molecule has 0 heterocycles. The van der Waals surface area contributed by atoms with E-state index in [2.05, 4.69) is 73.1 Å². The van der Waals surface area contributed by atoms with Gasteiger partial charge in [0.2, 0.25) is 0 Å². The summed E-state index contributed by atoms with van der Waals surface area (Å²) in [6, 6.07) is 13.2. The molecule has 0 nitrogen and oxygen atoms in total. The van der Waals surface area contributed by atoms with Gasteiger partial charge in [-0.2, -0.15) is 0 Å². The Morgan fingerprint density at radius 1 is 1.00 bits per heavy atom. The lowest BCUT2D eigenvalue weighted by molar-refractivity contribution is 0.585. The van der Waals surface area contributed by atoms with Crippen molar-refractivity contribution in [2.45, 2.75) is 32.0 Å². The maximum Gasteiger partial charge on any atom is 0.0403 e. The molecule has 0 radical (unpaired) electrons. The van der Waals surface area contributed by atoms with Crippen molar-refractivity contribution in [2.24, 2.45) is 5.92 Å². The molecule has 0 amide bonds. The Hall–Kier alpha value is -0.820. The molecule has 0 fully saturated rings. The zero-order valence-electron chi connectivity index (χ0n) is 10.7. The monoisotopic (exact) mass is 290 g/mol. The largest absolute Gasteiger partial charge is 0.0838 e. The summed E-state index contributed by atoms with van der Waals surface area (Å²) in [5.74, 6) is 0.708. The van der Waals surface area contributed by atoms with Gasteiger partial charge in [-0.15, -0.1) is 0 Å². The Morgan fingerprint density at radius 2 is 1.65 bits per heavy atom. The molecule has 0 saturated heterocycles. The first-order chi connectivity index (χ1) is 8.09. The number of hydrogen-bond acceptors (Lipinski definition) is 0. The molecule has 0 bridgehead atoms. The lowest BCUT2D eigenvalue weighted by Gasteiger charge is -2.16. The topological polar surface area (TPSA) is 0 Å². The average Bonchev–Trinajstić information content (AvgIpc) is 2.29. The highest BCUT2D eigenvalue weighted by Gasteiger charge is 2.13. The molecule has 17 heavy (non-hydrogen) atoms. The Bertz CT molecular complexity index is 514. The second-order valence-electron chi connectivity index (χ2n) is 5.11. The number of hydrogen-bond donors (Lipinski definition) is 0. The van der Waals surface area contributed by atoms with Gasteiger partial charge in [0, 0.05) is 4.83 Å². The van der Waals surface area contributed by atoms with Crippen LogP contribution in [0.25, 0.3) is 10.8 Å². The molecule has 2 aromatic carbocycles. The summed E-state index contributed by atoms with van der Waals surface area (Å²) >= 11 is 3.83. The van der Waals surface area contributed by atoms with Crippen molar-refractivity contribution in [2.75, 3.05) is 0 Å². The molecule has 0 spiro atoms. The van der Waals surface area contributed by atoms with Gasteiger partial charge in [-0.25, -0.2) is 0 Å². The highest BCUT2D eigenvalue weighted by molar-refractivity contribution is 9.09. The van der Waals surface area contributed by atoms with Gasteiger partial charge in [0.15, 0.2) is 0 Å². The van der Waals surface area contributed by atoms with Crippen LogP contribution < -0.4 is 0 Å². The first-order valence-electron chi connectivity index (χ1n) is 6.22. The number of benzene rings is 2. The second-order valence-corrected chi connectivity index (χ2v) is 6.22. The summed E-state index contributed by atoms with van der Waals surface area (Å²) in [6.45, 7) is 6.72.